The molecule has 0 unspecified atom stereocenters. The molecule has 0 aromatic carbocycles. The van der Waals surface area contributed by atoms with Gasteiger partial charge in [0.05, 0.1) is 0 Å². The molecule has 0 atom stereocenters. The topological polar surface area (TPSA) is 71.1 Å². The van der Waals surface area contributed by atoms with Gasteiger partial charge in [0.15, 0.2) is 0 Å². The largest absolute Gasteiger partial charge is 0.369 e. The van der Waals surface area contributed by atoms with Crippen LogP contribution < -0.4 is 10.0 Å². The molecule has 0 fully saturated rings. The second kappa shape index (κ2) is 6.49. The lowest BCUT2D eigenvalue weighted by atomic mass is 10.2. The Bertz CT molecular complexity index is 503. The van der Waals surface area contributed by atoms with Gasteiger partial charge >= 0.3 is 0 Å². The fraction of sp³-hybridized carbons (Fsp3) is 0.545. The fourth-order valence-corrected chi connectivity index (χ4v) is 3.13. The van der Waals surface area contributed by atoms with Crippen LogP contribution in [0.15, 0.2) is 21.6 Å². The summed E-state index contributed by atoms with van der Waals surface area (Å²) in [6, 6.07) is 1.55. The number of aromatic nitrogens is 1. The van der Waals surface area contributed by atoms with Crippen molar-refractivity contribution in [1.82, 2.24) is 9.71 Å². The van der Waals surface area contributed by atoms with E-state index < -0.39 is 10.0 Å². The summed E-state index contributed by atoms with van der Waals surface area (Å²) in [6.45, 7) is 6.81. The van der Waals surface area contributed by atoms with Gasteiger partial charge in [-0.25, -0.2) is 18.1 Å². The molecule has 7 heteroatoms. The molecule has 0 aliphatic carbocycles. The van der Waals surface area contributed by atoms with E-state index in [9.17, 15) is 8.42 Å². The third-order valence-electron chi connectivity index (χ3n) is 2.13. The Morgan fingerprint density at radius 3 is 2.67 bits per heavy atom. The molecule has 0 bridgehead atoms. The molecular weight excluding hydrogens is 318 g/mol. The zero-order chi connectivity index (χ0) is 13.8. The highest BCUT2D eigenvalue weighted by molar-refractivity contribution is 9.10. The van der Waals surface area contributed by atoms with Crippen molar-refractivity contribution >= 4 is 31.8 Å². The number of nitrogens with one attached hydrogen (secondary N) is 2. The van der Waals surface area contributed by atoms with E-state index in [1.807, 2.05) is 20.8 Å². The van der Waals surface area contributed by atoms with Crippen molar-refractivity contribution in [3.05, 3.63) is 16.7 Å². The molecule has 18 heavy (non-hydrogen) atoms. The van der Waals surface area contributed by atoms with Crippen LogP contribution >= 0.6 is 15.9 Å². The number of hydrogen-bond acceptors (Lipinski definition) is 4. The van der Waals surface area contributed by atoms with Gasteiger partial charge in [0.2, 0.25) is 10.0 Å². The zero-order valence-corrected chi connectivity index (χ0v) is 13.1. The average Bonchev–Trinajstić information content (AvgIpc) is 2.29. The van der Waals surface area contributed by atoms with Crippen LogP contribution in [-0.4, -0.2) is 26.5 Å². The number of nitrogens with zero attached hydrogens (tertiary/aromatic N) is 1. The van der Waals surface area contributed by atoms with E-state index in [1.165, 1.54) is 0 Å². The summed E-state index contributed by atoms with van der Waals surface area (Å²) in [5.74, 6) is 0.624. The maximum atomic E-state index is 12.2. The first-order valence-corrected chi connectivity index (χ1v) is 8.03. The lowest BCUT2D eigenvalue weighted by molar-refractivity contribution is 0.560. The van der Waals surface area contributed by atoms with Crippen LogP contribution in [0.3, 0.4) is 0 Å². The monoisotopic (exact) mass is 335 g/mol. The number of hydrogen-bond donors (Lipinski definition) is 2. The predicted octanol–water partition coefficient (Wildman–Crippen LogP) is 2.21. The third-order valence-corrected chi connectivity index (χ3v) is 4.01. The molecule has 1 rings (SSSR count). The Morgan fingerprint density at radius 1 is 1.44 bits per heavy atom. The first-order chi connectivity index (χ1) is 8.36. The molecule has 0 radical (unpaired) electrons. The molecule has 1 aromatic heterocycles. The SMILES string of the molecule is CCNc1ncc(Br)cc1S(=O)(=O)NCC(C)C. The minimum Gasteiger partial charge on any atom is -0.369 e. The molecule has 0 amide bonds. The summed E-state index contributed by atoms with van der Waals surface area (Å²) in [4.78, 5) is 4.25. The first kappa shape index (κ1) is 15.4. The van der Waals surface area contributed by atoms with Gasteiger partial charge in [0, 0.05) is 23.8 Å². The van der Waals surface area contributed by atoms with Crippen molar-refractivity contribution in [2.45, 2.75) is 25.7 Å². The minimum atomic E-state index is -3.54. The Kier molecular flexibility index (Phi) is 5.55. The number of rotatable bonds is 6. The fourth-order valence-electron chi connectivity index (χ4n) is 1.28. The van der Waals surface area contributed by atoms with E-state index in [1.54, 1.807) is 12.3 Å². The van der Waals surface area contributed by atoms with Crippen molar-refractivity contribution in [2.75, 3.05) is 18.4 Å². The van der Waals surface area contributed by atoms with Gasteiger partial charge in [0.1, 0.15) is 10.7 Å². The lowest BCUT2D eigenvalue weighted by Gasteiger charge is -2.12. The van der Waals surface area contributed by atoms with Gasteiger partial charge in [-0.1, -0.05) is 13.8 Å². The Morgan fingerprint density at radius 2 is 2.11 bits per heavy atom. The maximum absolute atomic E-state index is 12.2. The molecule has 0 saturated carbocycles. The molecule has 1 aromatic rings. The number of sulfonamides is 1. The van der Waals surface area contributed by atoms with Crippen LogP contribution in [0.25, 0.3) is 0 Å². The van der Waals surface area contributed by atoms with Gasteiger partial charge < -0.3 is 5.32 Å². The molecule has 0 aliphatic rings. The highest BCUT2D eigenvalue weighted by Crippen LogP contribution is 2.22. The van der Waals surface area contributed by atoms with Crippen LogP contribution in [0, 0.1) is 5.92 Å². The smallest absolute Gasteiger partial charge is 0.244 e. The highest BCUT2D eigenvalue weighted by Gasteiger charge is 2.20. The van der Waals surface area contributed by atoms with Gasteiger partial charge in [-0.2, -0.15) is 0 Å². The summed E-state index contributed by atoms with van der Waals surface area (Å²) in [7, 11) is -3.54. The normalized spacial score (nSPS) is 11.8. The van der Waals surface area contributed by atoms with Gasteiger partial charge in [-0.3, -0.25) is 0 Å². The average molecular weight is 336 g/mol. The summed E-state index contributed by atoms with van der Waals surface area (Å²) in [6.07, 6.45) is 1.57. The number of pyridine rings is 1. The second-order valence-corrected chi connectivity index (χ2v) is 6.93. The maximum Gasteiger partial charge on any atom is 0.244 e. The van der Waals surface area contributed by atoms with E-state index in [0.29, 0.717) is 23.4 Å². The van der Waals surface area contributed by atoms with Crippen molar-refractivity contribution in [3.8, 4) is 0 Å². The quantitative estimate of drug-likeness (QED) is 0.836. The minimum absolute atomic E-state index is 0.166. The van der Waals surface area contributed by atoms with Gasteiger partial charge in [-0.15, -0.1) is 0 Å². The standard InChI is InChI=1S/C11H18BrN3O2S/c1-4-13-11-10(5-9(12)7-14-11)18(16,17)15-6-8(2)3/h5,7-8,15H,4,6H2,1-3H3,(H,13,14). The highest BCUT2D eigenvalue weighted by atomic mass is 79.9. The Hall–Kier alpha value is -0.660. The number of halogens is 1. The van der Waals surface area contributed by atoms with Crippen molar-refractivity contribution in [2.24, 2.45) is 5.92 Å². The van der Waals surface area contributed by atoms with Crippen molar-refractivity contribution in [3.63, 3.8) is 0 Å². The molecule has 5 nitrogen and oxygen atoms in total. The molecule has 0 aliphatic heterocycles. The van der Waals surface area contributed by atoms with E-state index in [4.69, 9.17) is 0 Å². The summed E-state index contributed by atoms with van der Waals surface area (Å²) in [5, 5.41) is 2.95. The van der Waals surface area contributed by atoms with Gasteiger partial charge in [-0.05, 0) is 34.8 Å². The predicted molar refractivity (Wildman–Crippen MR) is 76.1 cm³/mol. The molecular formula is C11H18BrN3O2S. The van der Waals surface area contributed by atoms with Gasteiger partial charge in [0.25, 0.3) is 0 Å². The molecule has 0 spiro atoms. The lowest BCUT2D eigenvalue weighted by Crippen LogP contribution is -2.28. The molecule has 0 saturated heterocycles. The number of anilines is 1. The van der Waals surface area contributed by atoms with Crippen molar-refractivity contribution in [1.29, 1.82) is 0 Å². The van der Waals surface area contributed by atoms with Crippen LogP contribution in [0.1, 0.15) is 20.8 Å². The van der Waals surface area contributed by atoms with E-state index in [2.05, 4.69) is 31.0 Å². The molecule has 102 valence electrons. The van der Waals surface area contributed by atoms with Crippen LogP contribution in [0.5, 0.6) is 0 Å². The van der Waals surface area contributed by atoms with Crippen LogP contribution in [0.4, 0.5) is 5.82 Å². The Balaban J connectivity index is 3.09. The second-order valence-electron chi connectivity index (χ2n) is 4.28. The van der Waals surface area contributed by atoms with Crippen LogP contribution in [0.2, 0.25) is 0 Å². The summed E-state index contributed by atoms with van der Waals surface area (Å²) < 4.78 is 27.6. The summed E-state index contributed by atoms with van der Waals surface area (Å²) >= 11 is 3.24. The van der Waals surface area contributed by atoms with E-state index in [-0.39, 0.29) is 10.8 Å². The van der Waals surface area contributed by atoms with Crippen molar-refractivity contribution < 1.29 is 8.42 Å². The molecule has 2 N–H and O–H groups in total. The Labute approximate surface area is 117 Å². The van der Waals surface area contributed by atoms with E-state index >= 15 is 0 Å². The zero-order valence-electron chi connectivity index (χ0n) is 10.7. The first-order valence-electron chi connectivity index (χ1n) is 5.76. The van der Waals surface area contributed by atoms with Crippen LogP contribution in [-0.2, 0) is 10.0 Å². The van der Waals surface area contributed by atoms with E-state index in [0.717, 1.165) is 0 Å². The summed E-state index contributed by atoms with van der Waals surface area (Å²) in [5.41, 5.74) is 0. The third kappa shape index (κ3) is 4.22. The molecule has 1 heterocycles.